The van der Waals surface area contributed by atoms with Gasteiger partial charge in [0.25, 0.3) is 0 Å². The van der Waals surface area contributed by atoms with Crippen LogP contribution in [0.5, 0.6) is 0 Å². The van der Waals surface area contributed by atoms with Crippen LogP contribution in [0.1, 0.15) is 19.3 Å². The molecule has 9 heteroatoms. The summed E-state index contributed by atoms with van der Waals surface area (Å²) in [5.41, 5.74) is 13.2. The van der Waals surface area contributed by atoms with Crippen LogP contribution in [0.4, 0.5) is 11.6 Å². The second-order valence-electron chi connectivity index (χ2n) is 6.51. The van der Waals surface area contributed by atoms with Gasteiger partial charge in [-0.25, -0.2) is 19.9 Å². The van der Waals surface area contributed by atoms with Gasteiger partial charge in [-0.1, -0.05) is 23.4 Å². The van der Waals surface area contributed by atoms with E-state index in [9.17, 15) is 0 Å². The molecule has 0 spiro atoms. The number of nitrogens with two attached hydrogens (primary N) is 2. The van der Waals surface area contributed by atoms with Crippen molar-refractivity contribution in [2.75, 3.05) is 23.7 Å². The Labute approximate surface area is 166 Å². The molecule has 0 aliphatic carbocycles. The number of anilines is 2. The van der Waals surface area contributed by atoms with E-state index in [2.05, 4.69) is 19.9 Å². The fourth-order valence-electron chi connectivity index (χ4n) is 3.07. The summed E-state index contributed by atoms with van der Waals surface area (Å²) in [7, 11) is 0. The molecule has 1 atom stereocenters. The Balaban J connectivity index is 1.57. The van der Waals surface area contributed by atoms with Crippen molar-refractivity contribution >= 4 is 46.2 Å². The number of aromatic nitrogens is 4. The highest BCUT2D eigenvalue weighted by Crippen LogP contribution is 2.34. The fourth-order valence-corrected chi connectivity index (χ4v) is 4.11. The highest BCUT2D eigenvalue weighted by molar-refractivity contribution is 7.99. The Morgan fingerprint density at radius 2 is 2.00 bits per heavy atom. The molecule has 0 radical (unpaired) electrons. The molecule has 7 nitrogen and oxygen atoms in total. The lowest BCUT2D eigenvalue weighted by Crippen LogP contribution is -2.27. The highest BCUT2D eigenvalue weighted by atomic mass is 35.5. The maximum absolute atomic E-state index is 6.21. The molecule has 3 aromatic rings. The first-order valence-corrected chi connectivity index (χ1v) is 10.0. The van der Waals surface area contributed by atoms with Crippen molar-refractivity contribution < 1.29 is 0 Å². The average molecular weight is 402 g/mol. The van der Waals surface area contributed by atoms with Gasteiger partial charge < -0.3 is 16.4 Å². The molecule has 0 saturated carbocycles. The molecule has 0 bridgehead atoms. The van der Waals surface area contributed by atoms with E-state index in [4.69, 9.17) is 28.1 Å². The van der Waals surface area contributed by atoms with E-state index in [-0.39, 0.29) is 6.04 Å². The van der Waals surface area contributed by atoms with Crippen LogP contribution in [0, 0.1) is 0 Å². The van der Waals surface area contributed by atoms with Crippen molar-refractivity contribution in [3.63, 3.8) is 0 Å². The number of fused-ring (bicyclic) bond motifs is 1. The van der Waals surface area contributed by atoms with E-state index in [0.29, 0.717) is 16.5 Å². The maximum atomic E-state index is 6.21. The monoisotopic (exact) mass is 401 g/mol. The Morgan fingerprint density at radius 3 is 2.89 bits per heavy atom. The zero-order valence-electron chi connectivity index (χ0n) is 14.7. The Hall–Kier alpha value is -2.16. The van der Waals surface area contributed by atoms with Crippen molar-refractivity contribution in [2.24, 2.45) is 5.73 Å². The van der Waals surface area contributed by atoms with Gasteiger partial charge in [0.05, 0.1) is 11.2 Å². The number of halogens is 1. The molecule has 1 fully saturated rings. The van der Waals surface area contributed by atoms with Gasteiger partial charge in [-0.15, -0.1) is 0 Å². The summed E-state index contributed by atoms with van der Waals surface area (Å²) in [6, 6.07) is 5.94. The summed E-state index contributed by atoms with van der Waals surface area (Å²) >= 11 is 7.64. The van der Waals surface area contributed by atoms with Crippen LogP contribution in [-0.4, -0.2) is 39.1 Å². The van der Waals surface area contributed by atoms with Crippen LogP contribution in [0.3, 0.4) is 0 Å². The molecule has 3 aromatic heterocycles. The second-order valence-corrected chi connectivity index (χ2v) is 7.95. The molecule has 0 amide bonds. The molecular weight excluding hydrogens is 382 g/mol. The molecule has 4 rings (SSSR count). The van der Waals surface area contributed by atoms with Gasteiger partial charge in [0.15, 0.2) is 5.65 Å². The summed E-state index contributed by atoms with van der Waals surface area (Å²) in [6.45, 7) is 1.86. The van der Waals surface area contributed by atoms with Gasteiger partial charge in [0.1, 0.15) is 22.2 Å². The second kappa shape index (κ2) is 7.84. The minimum absolute atomic E-state index is 0.277. The zero-order valence-corrected chi connectivity index (χ0v) is 16.2. The number of nitrogen functional groups attached to an aromatic ring is 1. The lowest BCUT2D eigenvalue weighted by Gasteiger charge is -2.21. The summed E-state index contributed by atoms with van der Waals surface area (Å²) in [6.07, 6.45) is 6.53. The van der Waals surface area contributed by atoms with Gasteiger partial charge in [-0.2, -0.15) is 0 Å². The molecule has 1 saturated heterocycles. The SMILES string of the molecule is Nc1nccc(Sc2ccc3nc(N4CCC[C@@H](N)CC4)cnc3n2)c1Cl. The van der Waals surface area contributed by atoms with Gasteiger partial charge in [-0.05, 0) is 37.5 Å². The first kappa shape index (κ1) is 18.2. The largest absolute Gasteiger partial charge is 0.382 e. The standard InChI is InChI=1S/C18H20ClN7S/c19-16-13(5-7-22-17(16)21)27-15-4-3-12-18(25-15)23-10-14(24-12)26-8-1-2-11(20)6-9-26/h3-5,7,10-11H,1-2,6,8-9,20H2,(H2,21,22)/t11-/m1/s1. The van der Waals surface area contributed by atoms with Crippen LogP contribution in [0.2, 0.25) is 5.02 Å². The van der Waals surface area contributed by atoms with E-state index >= 15 is 0 Å². The third-order valence-corrected chi connectivity index (χ3v) is 6.06. The van der Waals surface area contributed by atoms with E-state index < -0.39 is 0 Å². The Kier molecular flexibility index (Phi) is 5.29. The number of hydrogen-bond acceptors (Lipinski definition) is 8. The smallest absolute Gasteiger partial charge is 0.179 e. The zero-order chi connectivity index (χ0) is 18.8. The summed E-state index contributed by atoms with van der Waals surface area (Å²) < 4.78 is 0. The number of pyridine rings is 2. The number of hydrogen-bond donors (Lipinski definition) is 2. The summed E-state index contributed by atoms with van der Waals surface area (Å²) in [5, 5.41) is 1.21. The van der Waals surface area contributed by atoms with Crippen LogP contribution >= 0.6 is 23.4 Å². The molecular formula is C18H20ClN7S. The van der Waals surface area contributed by atoms with Crippen molar-refractivity contribution in [3.05, 3.63) is 35.6 Å². The predicted molar refractivity (Wildman–Crippen MR) is 109 cm³/mol. The Bertz CT molecular complexity index is 968. The predicted octanol–water partition coefficient (Wildman–Crippen LogP) is 3.12. The van der Waals surface area contributed by atoms with Crippen molar-refractivity contribution in [1.29, 1.82) is 0 Å². The van der Waals surface area contributed by atoms with E-state index in [0.717, 1.165) is 53.6 Å². The molecule has 140 valence electrons. The van der Waals surface area contributed by atoms with E-state index in [1.165, 1.54) is 11.8 Å². The van der Waals surface area contributed by atoms with Crippen LogP contribution in [0.15, 0.2) is 40.5 Å². The highest BCUT2D eigenvalue weighted by Gasteiger charge is 2.16. The van der Waals surface area contributed by atoms with Crippen molar-refractivity contribution in [2.45, 2.75) is 35.2 Å². The van der Waals surface area contributed by atoms with Gasteiger partial charge in [0, 0.05) is 30.2 Å². The molecule has 27 heavy (non-hydrogen) atoms. The minimum atomic E-state index is 0.277. The van der Waals surface area contributed by atoms with Gasteiger partial charge in [-0.3, -0.25) is 0 Å². The van der Waals surface area contributed by atoms with Crippen LogP contribution in [0.25, 0.3) is 11.2 Å². The normalized spacial score (nSPS) is 17.9. The first-order valence-electron chi connectivity index (χ1n) is 8.82. The molecule has 0 aromatic carbocycles. The van der Waals surface area contributed by atoms with E-state index in [1.54, 1.807) is 12.4 Å². The third-order valence-electron chi connectivity index (χ3n) is 4.56. The molecule has 1 aliphatic rings. The van der Waals surface area contributed by atoms with Crippen LogP contribution < -0.4 is 16.4 Å². The van der Waals surface area contributed by atoms with Crippen molar-refractivity contribution in [1.82, 2.24) is 19.9 Å². The quantitative estimate of drug-likeness (QED) is 0.689. The lowest BCUT2D eigenvalue weighted by atomic mass is 10.1. The van der Waals surface area contributed by atoms with Crippen molar-refractivity contribution in [3.8, 4) is 0 Å². The summed E-state index contributed by atoms with van der Waals surface area (Å²) in [5.74, 6) is 1.19. The number of rotatable bonds is 3. The maximum Gasteiger partial charge on any atom is 0.179 e. The summed E-state index contributed by atoms with van der Waals surface area (Å²) in [4.78, 5) is 20.9. The van der Waals surface area contributed by atoms with Gasteiger partial charge >= 0.3 is 0 Å². The first-order chi connectivity index (χ1) is 13.1. The molecule has 4 N–H and O–H groups in total. The topological polar surface area (TPSA) is 107 Å². The number of nitrogens with zero attached hydrogens (tertiary/aromatic N) is 5. The fraction of sp³-hybridized carbons (Fsp3) is 0.333. The van der Waals surface area contributed by atoms with E-state index in [1.807, 2.05) is 18.2 Å². The average Bonchev–Trinajstić information content (AvgIpc) is 2.89. The van der Waals surface area contributed by atoms with Crippen LogP contribution in [-0.2, 0) is 0 Å². The minimum Gasteiger partial charge on any atom is -0.382 e. The molecule has 0 unspecified atom stereocenters. The lowest BCUT2D eigenvalue weighted by molar-refractivity contribution is 0.601. The Morgan fingerprint density at radius 1 is 1.11 bits per heavy atom. The molecule has 1 aliphatic heterocycles. The molecule has 4 heterocycles. The van der Waals surface area contributed by atoms with Gasteiger partial charge in [0.2, 0.25) is 0 Å². The third kappa shape index (κ3) is 4.07.